The molecule has 0 saturated carbocycles. The predicted octanol–water partition coefficient (Wildman–Crippen LogP) is 1.51. The molecule has 0 spiro atoms. The molecule has 2 heterocycles. The van der Waals surface area contributed by atoms with Crippen LogP contribution in [0.1, 0.15) is 32.1 Å². The second kappa shape index (κ2) is 5.81. The number of hydrogen-bond donors (Lipinski definition) is 0. The van der Waals surface area contributed by atoms with Gasteiger partial charge in [-0.2, -0.15) is 4.31 Å². The van der Waals surface area contributed by atoms with Gasteiger partial charge in [-0.05, 0) is 31.0 Å². The van der Waals surface area contributed by atoms with Crippen LogP contribution in [0.5, 0.6) is 0 Å². The number of anilines is 1. The average molecular weight is 322 g/mol. The predicted molar refractivity (Wildman–Crippen MR) is 80.8 cm³/mol. The topological polar surface area (TPSA) is 74.8 Å². The molecule has 2 amide bonds. The van der Waals surface area contributed by atoms with Crippen molar-refractivity contribution in [2.75, 3.05) is 18.0 Å². The highest BCUT2D eigenvalue weighted by molar-refractivity contribution is 7.89. The molecule has 1 aromatic rings. The molecule has 22 heavy (non-hydrogen) atoms. The monoisotopic (exact) mass is 322 g/mol. The molecule has 0 radical (unpaired) electrons. The molecule has 6 nitrogen and oxygen atoms in total. The molecule has 0 unspecified atom stereocenters. The number of piperidine rings is 1. The maximum absolute atomic E-state index is 12.7. The molecular formula is C15H18N2O4S. The minimum absolute atomic E-state index is 0.138. The van der Waals surface area contributed by atoms with E-state index in [0.29, 0.717) is 18.8 Å². The number of carbonyl (C=O) groups is 2. The summed E-state index contributed by atoms with van der Waals surface area (Å²) in [4.78, 5) is 24.8. The van der Waals surface area contributed by atoms with Gasteiger partial charge in [-0.25, -0.2) is 8.42 Å². The SMILES string of the molecule is O=C1CCC(=O)N1c1cccc(S(=O)(=O)N2CCCCC2)c1. The van der Waals surface area contributed by atoms with E-state index in [1.54, 1.807) is 12.1 Å². The smallest absolute Gasteiger partial charge is 0.243 e. The molecule has 0 bridgehead atoms. The summed E-state index contributed by atoms with van der Waals surface area (Å²) in [6.07, 6.45) is 3.14. The van der Waals surface area contributed by atoms with Crippen LogP contribution in [0.3, 0.4) is 0 Å². The number of sulfonamides is 1. The van der Waals surface area contributed by atoms with E-state index in [-0.39, 0.29) is 29.6 Å². The van der Waals surface area contributed by atoms with E-state index in [0.717, 1.165) is 24.2 Å². The first-order valence-electron chi connectivity index (χ1n) is 7.46. The summed E-state index contributed by atoms with van der Waals surface area (Å²) in [6, 6.07) is 6.10. The highest BCUT2D eigenvalue weighted by Gasteiger charge is 2.32. The van der Waals surface area contributed by atoms with Gasteiger partial charge in [0.05, 0.1) is 10.6 Å². The van der Waals surface area contributed by atoms with Crippen molar-refractivity contribution in [3.8, 4) is 0 Å². The molecule has 118 valence electrons. The lowest BCUT2D eigenvalue weighted by molar-refractivity contribution is -0.121. The Morgan fingerprint density at radius 2 is 1.55 bits per heavy atom. The van der Waals surface area contributed by atoms with Gasteiger partial charge in [0.2, 0.25) is 21.8 Å². The molecule has 7 heteroatoms. The fourth-order valence-electron chi connectivity index (χ4n) is 2.90. The standard InChI is InChI=1S/C15H18N2O4S/c18-14-7-8-15(19)17(14)12-5-4-6-13(11-12)22(20,21)16-9-2-1-3-10-16/h4-6,11H,1-3,7-10H2. The van der Waals surface area contributed by atoms with Crippen molar-refractivity contribution in [1.82, 2.24) is 4.31 Å². The number of imide groups is 1. The normalized spacial score (nSPS) is 20.6. The van der Waals surface area contributed by atoms with Crippen LogP contribution in [0.4, 0.5) is 5.69 Å². The van der Waals surface area contributed by atoms with Crippen LogP contribution in [-0.4, -0.2) is 37.6 Å². The van der Waals surface area contributed by atoms with E-state index in [1.165, 1.54) is 16.4 Å². The fourth-order valence-corrected chi connectivity index (χ4v) is 4.46. The lowest BCUT2D eigenvalue weighted by Crippen LogP contribution is -2.35. The van der Waals surface area contributed by atoms with Gasteiger partial charge >= 0.3 is 0 Å². The van der Waals surface area contributed by atoms with Crippen molar-refractivity contribution < 1.29 is 18.0 Å². The fraction of sp³-hybridized carbons (Fsp3) is 0.467. The third kappa shape index (κ3) is 2.66. The second-order valence-corrected chi connectivity index (χ2v) is 7.52. The number of carbonyl (C=O) groups excluding carboxylic acids is 2. The van der Waals surface area contributed by atoms with Gasteiger partial charge in [-0.3, -0.25) is 14.5 Å². The van der Waals surface area contributed by atoms with E-state index in [2.05, 4.69) is 0 Å². The quantitative estimate of drug-likeness (QED) is 0.791. The zero-order valence-electron chi connectivity index (χ0n) is 12.2. The number of hydrogen-bond acceptors (Lipinski definition) is 4. The van der Waals surface area contributed by atoms with E-state index in [9.17, 15) is 18.0 Å². The maximum Gasteiger partial charge on any atom is 0.243 e. The first-order chi connectivity index (χ1) is 10.5. The van der Waals surface area contributed by atoms with Crippen molar-refractivity contribution >= 4 is 27.5 Å². The summed E-state index contributed by atoms with van der Waals surface area (Å²) < 4.78 is 26.8. The molecule has 0 N–H and O–H groups in total. The van der Waals surface area contributed by atoms with Gasteiger partial charge in [-0.1, -0.05) is 12.5 Å². The molecule has 0 aliphatic carbocycles. The Labute approximate surface area is 129 Å². The van der Waals surface area contributed by atoms with Gasteiger partial charge in [0.25, 0.3) is 0 Å². The third-order valence-corrected chi connectivity index (χ3v) is 5.97. The van der Waals surface area contributed by atoms with E-state index in [1.807, 2.05) is 0 Å². The lowest BCUT2D eigenvalue weighted by atomic mass is 10.2. The molecule has 2 aliphatic rings. The van der Waals surface area contributed by atoms with Gasteiger partial charge in [0.1, 0.15) is 0 Å². The first kappa shape index (κ1) is 15.2. The van der Waals surface area contributed by atoms with Crippen molar-refractivity contribution in [1.29, 1.82) is 0 Å². The summed E-state index contributed by atoms with van der Waals surface area (Å²) in [5.74, 6) is -0.560. The Kier molecular flexibility index (Phi) is 4.01. The minimum atomic E-state index is -3.56. The molecule has 0 aromatic heterocycles. The number of benzene rings is 1. The van der Waals surface area contributed by atoms with Crippen molar-refractivity contribution in [2.45, 2.75) is 37.0 Å². The maximum atomic E-state index is 12.7. The molecule has 2 aliphatic heterocycles. The van der Waals surface area contributed by atoms with Crippen LogP contribution in [0, 0.1) is 0 Å². The van der Waals surface area contributed by atoms with Crippen LogP contribution >= 0.6 is 0 Å². The van der Waals surface area contributed by atoms with Crippen LogP contribution in [0.25, 0.3) is 0 Å². The van der Waals surface area contributed by atoms with E-state index in [4.69, 9.17) is 0 Å². The first-order valence-corrected chi connectivity index (χ1v) is 8.90. The summed E-state index contributed by atoms with van der Waals surface area (Å²) in [7, 11) is -3.56. The molecule has 3 rings (SSSR count). The zero-order valence-corrected chi connectivity index (χ0v) is 13.0. The van der Waals surface area contributed by atoms with Crippen LogP contribution < -0.4 is 4.90 Å². The molecule has 0 atom stereocenters. The minimum Gasteiger partial charge on any atom is -0.274 e. The van der Waals surface area contributed by atoms with Crippen molar-refractivity contribution in [3.05, 3.63) is 24.3 Å². The lowest BCUT2D eigenvalue weighted by Gasteiger charge is -2.26. The van der Waals surface area contributed by atoms with Crippen LogP contribution in [0.2, 0.25) is 0 Å². The van der Waals surface area contributed by atoms with Crippen LogP contribution in [0.15, 0.2) is 29.2 Å². The Morgan fingerprint density at radius 3 is 2.18 bits per heavy atom. The van der Waals surface area contributed by atoms with Crippen LogP contribution in [-0.2, 0) is 19.6 Å². The highest BCUT2D eigenvalue weighted by Crippen LogP contribution is 2.27. The molecule has 2 fully saturated rings. The second-order valence-electron chi connectivity index (χ2n) is 5.58. The Bertz CT molecular complexity index is 692. The van der Waals surface area contributed by atoms with Gasteiger partial charge in [-0.15, -0.1) is 0 Å². The van der Waals surface area contributed by atoms with E-state index < -0.39 is 10.0 Å². The molecular weight excluding hydrogens is 304 g/mol. The Hall–Kier alpha value is -1.73. The number of amides is 2. The summed E-state index contributed by atoms with van der Waals surface area (Å²) >= 11 is 0. The van der Waals surface area contributed by atoms with Gasteiger partial charge < -0.3 is 0 Å². The van der Waals surface area contributed by atoms with E-state index >= 15 is 0 Å². The summed E-state index contributed by atoms with van der Waals surface area (Å²) in [5.41, 5.74) is 0.339. The van der Waals surface area contributed by atoms with Crippen molar-refractivity contribution in [2.24, 2.45) is 0 Å². The number of rotatable bonds is 3. The third-order valence-electron chi connectivity index (χ3n) is 4.08. The van der Waals surface area contributed by atoms with Crippen molar-refractivity contribution in [3.63, 3.8) is 0 Å². The Balaban J connectivity index is 1.94. The summed E-state index contributed by atoms with van der Waals surface area (Å²) in [6.45, 7) is 1.04. The largest absolute Gasteiger partial charge is 0.274 e. The van der Waals surface area contributed by atoms with Gasteiger partial charge in [0.15, 0.2) is 0 Å². The number of nitrogens with zero attached hydrogens (tertiary/aromatic N) is 2. The van der Waals surface area contributed by atoms with Gasteiger partial charge in [0, 0.05) is 25.9 Å². The summed E-state index contributed by atoms with van der Waals surface area (Å²) in [5, 5.41) is 0. The zero-order chi connectivity index (χ0) is 15.7. The average Bonchev–Trinajstić information content (AvgIpc) is 2.87. The molecule has 1 aromatic carbocycles. The highest BCUT2D eigenvalue weighted by atomic mass is 32.2. The Morgan fingerprint density at radius 1 is 0.909 bits per heavy atom. The molecule has 2 saturated heterocycles.